The maximum absolute atomic E-state index is 14.1. The Bertz CT molecular complexity index is 1400. The standard InChI is InChI=1S/C27H20FN3O3/c1-15(32)24-23(25(33)17-5-4-12-29-14-17)27(19-6-2-3-7-20(19)30-26(27)34)22-11-8-16-13-18(28)9-10-21(16)31(22)24/h2-14,22-24H,1H3,(H,30,34). The number of para-hydroxylation sites is 1. The predicted octanol–water partition coefficient (Wildman–Crippen LogP) is 3.78. The summed E-state index contributed by atoms with van der Waals surface area (Å²) in [7, 11) is 0. The first kappa shape index (κ1) is 20.5. The largest absolute Gasteiger partial charge is 0.352 e. The van der Waals surface area contributed by atoms with Gasteiger partial charge in [0.1, 0.15) is 11.2 Å². The van der Waals surface area contributed by atoms with E-state index < -0.39 is 29.2 Å². The van der Waals surface area contributed by atoms with E-state index >= 15 is 0 Å². The second-order valence-corrected chi connectivity index (χ2v) is 8.92. The number of pyridine rings is 1. The molecule has 2 aromatic carbocycles. The van der Waals surface area contributed by atoms with Crippen molar-refractivity contribution in [2.75, 3.05) is 10.2 Å². The van der Waals surface area contributed by atoms with Crippen LogP contribution in [0.25, 0.3) is 6.08 Å². The SMILES string of the molecule is CC(=O)C1C(C(=O)c2cccnc2)C2(C(=O)Nc3ccccc32)C2C=Cc3cc(F)ccc3N12. The molecule has 4 unspecified atom stereocenters. The van der Waals surface area contributed by atoms with Crippen molar-refractivity contribution in [2.45, 2.75) is 24.4 Å². The van der Waals surface area contributed by atoms with E-state index in [1.54, 1.807) is 36.5 Å². The molecule has 6 rings (SSSR count). The van der Waals surface area contributed by atoms with Gasteiger partial charge in [-0.05, 0) is 48.9 Å². The number of carbonyl (C=O) groups excluding carboxylic acids is 3. The first-order valence-electron chi connectivity index (χ1n) is 11.1. The van der Waals surface area contributed by atoms with E-state index in [1.807, 2.05) is 29.2 Å². The van der Waals surface area contributed by atoms with E-state index in [0.717, 1.165) is 0 Å². The zero-order valence-electron chi connectivity index (χ0n) is 18.2. The minimum atomic E-state index is -1.34. The van der Waals surface area contributed by atoms with E-state index in [0.29, 0.717) is 28.1 Å². The first-order chi connectivity index (χ1) is 16.4. The number of Topliss-reactive ketones (excluding diaryl/α,β-unsaturated/α-hetero) is 2. The van der Waals surface area contributed by atoms with Crippen molar-refractivity contribution in [1.29, 1.82) is 0 Å². The lowest BCUT2D eigenvalue weighted by Crippen LogP contribution is -2.51. The fourth-order valence-corrected chi connectivity index (χ4v) is 5.99. The smallest absolute Gasteiger partial charge is 0.238 e. The number of anilines is 2. The van der Waals surface area contributed by atoms with Crippen LogP contribution in [0.4, 0.5) is 15.8 Å². The minimum absolute atomic E-state index is 0.244. The molecular formula is C27H20FN3O3. The topological polar surface area (TPSA) is 79.4 Å². The van der Waals surface area contributed by atoms with Gasteiger partial charge in [-0.2, -0.15) is 0 Å². The number of ketones is 2. The first-order valence-corrected chi connectivity index (χ1v) is 11.1. The molecule has 3 aliphatic rings. The highest BCUT2D eigenvalue weighted by molar-refractivity contribution is 6.16. The fraction of sp³-hybridized carbons (Fsp3) is 0.185. The summed E-state index contributed by atoms with van der Waals surface area (Å²) in [5.74, 6) is -2.31. The summed E-state index contributed by atoms with van der Waals surface area (Å²) in [6.07, 6.45) is 6.61. The molecule has 7 heteroatoms. The Kier molecular flexibility index (Phi) is 4.33. The monoisotopic (exact) mass is 453 g/mol. The second kappa shape index (κ2) is 7.18. The fourth-order valence-electron chi connectivity index (χ4n) is 5.99. The number of nitrogens with zero attached hydrogens (tertiary/aromatic N) is 2. The zero-order chi connectivity index (χ0) is 23.6. The van der Waals surface area contributed by atoms with Crippen molar-refractivity contribution in [3.8, 4) is 0 Å². The molecule has 4 atom stereocenters. The van der Waals surface area contributed by atoms with Crippen molar-refractivity contribution < 1.29 is 18.8 Å². The molecule has 3 aliphatic heterocycles. The van der Waals surface area contributed by atoms with Gasteiger partial charge in [0, 0.05) is 34.9 Å². The molecular weight excluding hydrogens is 433 g/mol. The zero-order valence-corrected chi connectivity index (χ0v) is 18.2. The Labute approximate surface area is 195 Å². The average Bonchev–Trinajstić information content (AvgIpc) is 3.32. The molecule has 168 valence electrons. The van der Waals surface area contributed by atoms with E-state index in [4.69, 9.17) is 0 Å². The lowest BCUT2D eigenvalue weighted by Gasteiger charge is -2.37. The predicted molar refractivity (Wildman–Crippen MR) is 125 cm³/mol. The number of carbonyl (C=O) groups is 3. The molecule has 34 heavy (non-hydrogen) atoms. The summed E-state index contributed by atoms with van der Waals surface area (Å²) in [5, 5.41) is 2.95. The highest BCUT2D eigenvalue weighted by Crippen LogP contribution is 2.57. The van der Waals surface area contributed by atoms with Crippen LogP contribution < -0.4 is 10.2 Å². The molecule has 1 N–H and O–H groups in total. The van der Waals surface area contributed by atoms with Crippen LogP contribution >= 0.6 is 0 Å². The normalized spacial score (nSPS) is 26.1. The van der Waals surface area contributed by atoms with Crippen molar-refractivity contribution in [3.05, 3.63) is 95.6 Å². The van der Waals surface area contributed by atoms with Gasteiger partial charge in [-0.3, -0.25) is 19.4 Å². The van der Waals surface area contributed by atoms with Crippen molar-refractivity contribution in [2.24, 2.45) is 5.92 Å². The van der Waals surface area contributed by atoms with Crippen LogP contribution in [0.5, 0.6) is 0 Å². The lowest BCUT2D eigenvalue weighted by atomic mass is 9.64. The maximum Gasteiger partial charge on any atom is 0.238 e. The highest BCUT2D eigenvalue weighted by atomic mass is 19.1. The summed E-state index contributed by atoms with van der Waals surface area (Å²) in [6.45, 7) is 1.44. The van der Waals surface area contributed by atoms with E-state index in [9.17, 15) is 18.8 Å². The third-order valence-corrected chi connectivity index (χ3v) is 7.24. The molecule has 0 radical (unpaired) electrons. The number of fused-ring (bicyclic) bond motifs is 6. The summed E-state index contributed by atoms with van der Waals surface area (Å²) in [5.41, 5.74) is 1.50. The molecule has 6 nitrogen and oxygen atoms in total. The lowest BCUT2D eigenvalue weighted by molar-refractivity contribution is -0.122. The Balaban J connectivity index is 1.67. The molecule has 1 aromatic heterocycles. The average molecular weight is 453 g/mol. The van der Waals surface area contributed by atoms with Crippen LogP contribution in [0.3, 0.4) is 0 Å². The molecule has 3 aromatic rings. The number of hydrogen-bond donors (Lipinski definition) is 1. The van der Waals surface area contributed by atoms with Crippen LogP contribution in [-0.2, 0) is 15.0 Å². The van der Waals surface area contributed by atoms with Crippen LogP contribution in [0.1, 0.15) is 28.4 Å². The third-order valence-electron chi connectivity index (χ3n) is 7.24. The Morgan fingerprint density at radius 2 is 1.94 bits per heavy atom. The number of benzene rings is 2. The van der Waals surface area contributed by atoms with Gasteiger partial charge in [0.25, 0.3) is 0 Å². The van der Waals surface area contributed by atoms with Gasteiger partial charge in [-0.1, -0.05) is 30.4 Å². The minimum Gasteiger partial charge on any atom is -0.352 e. The summed E-state index contributed by atoms with van der Waals surface area (Å²) < 4.78 is 14.0. The molecule has 1 amide bonds. The second-order valence-electron chi connectivity index (χ2n) is 8.92. The van der Waals surface area contributed by atoms with Gasteiger partial charge in [-0.15, -0.1) is 0 Å². The van der Waals surface area contributed by atoms with Gasteiger partial charge >= 0.3 is 0 Å². The highest BCUT2D eigenvalue weighted by Gasteiger charge is 2.69. The van der Waals surface area contributed by atoms with Crippen molar-refractivity contribution in [1.82, 2.24) is 4.98 Å². The number of halogens is 1. The molecule has 1 spiro atoms. The van der Waals surface area contributed by atoms with Crippen LogP contribution in [0, 0.1) is 11.7 Å². The van der Waals surface area contributed by atoms with Crippen molar-refractivity contribution >= 4 is 34.9 Å². The molecule has 1 saturated heterocycles. The summed E-state index contributed by atoms with van der Waals surface area (Å²) in [6, 6.07) is 13.4. The van der Waals surface area contributed by atoms with Crippen LogP contribution in [0.15, 0.2) is 73.1 Å². The number of nitrogens with one attached hydrogen (secondary N) is 1. The Hall–Kier alpha value is -4.13. The molecule has 4 heterocycles. The third kappa shape index (κ3) is 2.55. The van der Waals surface area contributed by atoms with Crippen LogP contribution in [0.2, 0.25) is 0 Å². The number of amides is 1. The summed E-state index contributed by atoms with van der Waals surface area (Å²) in [4.78, 5) is 47.1. The van der Waals surface area contributed by atoms with Gasteiger partial charge in [0.2, 0.25) is 5.91 Å². The number of rotatable bonds is 3. The van der Waals surface area contributed by atoms with E-state index in [1.165, 1.54) is 25.3 Å². The quantitative estimate of drug-likeness (QED) is 0.611. The summed E-state index contributed by atoms with van der Waals surface area (Å²) >= 11 is 0. The van der Waals surface area contributed by atoms with Gasteiger partial charge in [0.15, 0.2) is 11.6 Å². The molecule has 0 saturated carbocycles. The Morgan fingerprint density at radius 1 is 1.12 bits per heavy atom. The van der Waals surface area contributed by atoms with E-state index in [2.05, 4.69) is 10.3 Å². The van der Waals surface area contributed by atoms with E-state index in [-0.39, 0.29) is 17.5 Å². The van der Waals surface area contributed by atoms with Crippen molar-refractivity contribution in [3.63, 3.8) is 0 Å². The molecule has 0 bridgehead atoms. The van der Waals surface area contributed by atoms with Gasteiger partial charge in [-0.25, -0.2) is 4.39 Å². The molecule has 1 fully saturated rings. The maximum atomic E-state index is 14.1. The number of aromatic nitrogens is 1. The van der Waals surface area contributed by atoms with Gasteiger partial charge < -0.3 is 10.2 Å². The molecule has 0 aliphatic carbocycles. The number of hydrogen-bond acceptors (Lipinski definition) is 5. The van der Waals surface area contributed by atoms with Gasteiger partial charge in [0.05, 0.1) is 18.0 Å². The van der Waals surface area contributed by atoms with Crippen LogP contribution in [-0.4, -0.2) is 34.5 Å². The Morgan fingerprint density at radius 3 is 2.71 bits per heavy atom.